The van der Waals surface area contributed by atoms with E-state index in [2.05, 4.69) is 11.1 Å². The van der Waals surface area contributed by atoms with E-state index in [-0.39, 0.29) is 29.6 Å². The summed E-state index contributed by atoms with van der Waals surface area (Å²) in [7, 11) is 0. The Bertz CT molecular complexity index is 1550. The van der Waals surface area contributed by atoms with Crippen LogP contribution in [-0.4, -0.2) is 35.2 Å². The Balaban J connectivity index is 1.64. The van der Waals surface area contributed by atoms with Gasteiger partial charge in [0.1, 0.15) is 23.0 Å². The lowest BCUT2D eigenvalue weighted by atomic mass is 10.1. The van der Waals surface area contributed by atoms with Gasteiger partial charge < -0.3 is 19.3 Å². The van der Waals surface area contributed by atoms with Crippen LogP contribution in [-0.2, 0) is 16.1 Å². The normalized spacial score (nSPS) is 14.7. The van der Waals surface area contributed by atoms with E-state index in [0.29, 0.717) is 39.7 Å². The first-order valence-electron chi connectivity index (χ1n) is 12.5. The lowest BCUT2D eigenvalue weighted by Gasteiger charge is -2.13. The second kappa shape index (κ2) is 13.3. The summed E-state index contributed by atoms with van der Waals surface area (Å²) in [6.07, 6.45) is 1.66. The molecule has 3 aromatic carbocycles. The molecule has 0 fully saturated rings. The molecule has 202 valence electrons. The molecule has 9 heteroatoms. The van der Waals surface area contributed by atoms with Gasteiger partial charge in [0.2, 0.25) is 0 Å². The van der Waals surface area contributed by atoms with Gasteiger partial charge in [0, 0.05) is 11.1 Å². The second-order valence-electron chi connectivity index (χ2n) is 8.34. The first kappa shape index (κ1) is 28.2. The highest BCUT2D eigenvalue weighted by molar-refractivity contribution is 8.18. The first-order valence-corrected chi connectivity index (χ1v) is 13.3. The monoisotopic (exact) mass is 554 g/mol. The zero-order valence-electron chi connectivity index (χ0n) is 21.9. The molecule has 0 saturated heterocycles. The number of hydrogen-bond donors (Lipinski definition) is 1. The molecule has 0 aliphatic carbocycles. The number of carbonyl (C=O) groups is 2. The fraction of sp³-hybridized carbons (Fsp3) is 0.161. The standard InChI is InChI=1S/C31H26N2O6S/c1-3-37-25-16-20(14-15-24(25)39-19-23-13-9-8-12-22(23)18-32)17-26-28(34)27(31(36)38-4-2)30(40-26)33-29(35)21-10-6-5-7-11-21/h5-17,34H,3-4,19H2,1-2H3/b26-17-,33-30?. The van der Waals surface area contributed by atoms with Crippen molar-refractivity contribution in [2.45, 2.75) is 20.5 Å². The summed E-state index contributed by atoms with van der Waals surface area (Å²) in [4.78, 5) is 29.8. The molecule has 8 nitrogen and oxygen atoms in total. The number of aliphatic hydroxyl groups is 1. The summed E-state index contributed by atoms with van der Waals surface area (Å²) < 4.78 is 16.9. The minimum atomic E-state index is -0.771. The quantitative estimate of drug-likeness (QED) is 0.309. The average molecular weight is 555 g/mol. The number of rotatable bonds is 9. The third-order valence-electron chi connectivity index (χ3n) is 5.68. The summed E-state index contributed by atoms with van der Waals surface area (Å²) in [6.45, 7) is 4.16. The van der Waals surface area contributed by atoms with Crippen LogP contribution < -0.4 is 9.47 Å². The fourth-order valence-electron chi connectivity index (χ4n) is 3.79. The van der Waals surface area contributed by atoms with Crippen molar-refractivity contribution in [3.8, 4) is 17.6 Å². The van der Waals surface area contributed by atoms with Crippen molar-refractivity contribution in [1.29, 1.82) is 5.26 Å². The summed E-state index contributed by atoms with van der Waals surface area (Å²) in [5, 5.41) is 20.4. The maximum absolute atomic E-state index is 12.7. The van der Waals surface area contributed by atoms with Crippen LogP contribution in [0.15, 0.2) is 94.0 Å². The van der Waals surface area contributed by atoms with Gasteiger partial charge >= 0.3 is 5.97 Å². The summed E-state index contributed by atoms with van der Waals surface area (Å²) in [5.74, 6) is -0.687. The van der Waals surface area contributed by atoms with E-state index in [1.165, 1.54) is 0 Å². The van der Waals surface area contributed by atoms with Crippen molar-refractivity contribution in [2.24, 2.45) is 4.99 Å². The number of nitriles is 1. The molecule has 4 rings (SSSR count). The van der Waals surface area contributed by atoms with Crippen LogP contribution in [0.25, 0.3) is 6.08 Å². The number of esters is 1. The number of nitrogens with zero attached hydrogens (tertiary/aromatic N) is 2. The Morgan fingerprint density at radius 1 is 0.975 bits per heavy atom. The highest BCUT2D eigenvalue weighted by atomic mass is 32.2. The van der Waals surface area contributed by atoms with Crippen LogP contribution >= 0.6 is 11.8 Å². The maximum Gasteiger partial charge on any atom is 0.344 e. The molecule has 40 heavy (non-hydrogen) atoms. The van der Waals surface area contributed by atoms with Gasteiger partial charge in [0.25, 0.3) is 5.91 Å². The lowest BCUT2D eigenvalue weighted by Crippen LogP contribution is -2.14. The largest absolute Gasteiger partial charge is 0.506 e. The Morgan fingerprint density at radius 3 is 2.45 bits per heavy atom. The lowest BCUT2D eigenvalue weighted by molar-refractivity contribution is -0.138. The second-order valence-corrected chi connectivity index (χ2v) is 9.37. The van der Waals surface area contributed by atoms with Crippen LogP contribution in [0.2, 0.25) is 0 Å². The smallest absolute Gasteiger partial charge is 0.344 e. The minimum Gasteiger partial charge on any atom is -0.506 e. The first-order chi connectivity index (χ1) is 19.4. The van der Waals surface area contributed by atoms with E-state index < -0.39 is 11.9 Å². The predicted molar refractivity (Wildman–Crippen MR) is 153 cm³/mol. The highest BCUT2D eigenvalue weighted by Gasteiger charge is 2.34. The Morgan fingerprint density at radius 2 is 1.73 bits per heavy atom. The molecule has 0 unspecified atom stereocenters. The van der Waals surface area contributed by atoms with E-state index >= 15 is 0 Å². The molecular weight excluding hydrogens is 528 g/mol. The SMILES string of the molecule is CCOC(=O)C1=C(O)/C(=C/c2ccc(OCc3ccccc3C#N)c(OCC)c2)SC1=NC(=O)c1ccccc1. The molecule has 1 aliphatic heterocycles. The van der Waals surface area contributed by atoms with E-state index in [1.54, 1.807) is 73.7 Å². The van der Waals surface area contributed by atoms with E-state index in [0.717, 1.165) is 17.3 Å². The molecule has 0 bridgehead atoms. The van der Waals surface area contributed by atoms with Crippen LogP contribution in [0.4, 0.5) is 0 Å². The number of carbonyl (C=O) groups excluding carboxylic acids is 2. The number of aliphatic hydroxyl groups excluding tert-OH is 1. The van der Waals surface area contributed by atoms with Crippen LogP contribution in [0, 0.1) is 11.3 Å². The van der Waals surface area contributed by atoms with Crippen molar-refractivity contribution in [3.63, 3.8) is 0 Å². The van der Waals surface area contributed by atoms with Crippen molar-refractivity contribution >= 4 is 34.8 Å². The number of hydrogen-bond acceptors (Lipinski definition) is 8. The zero-order valence-corrected chi connectivity index (χ0v) is 22.7. The molecule has 1 heterocycles. The summed E-state index contributed by atoms with van der Waals surface area (Å²) in [5.41, 5.74) is 2.12. The van der Waals surface area contributed by atoms with Crippen molar-refractivity contribution < 1.29 is 28.9 Å². The van der Waals surface area contributed by atoms with Crippen molar-refractivity contribution in [1.82, 2.24) is 0 Å². The van der Waals surface area contributed by atoms with E-state index in [1.807, 2.05) is 19.1 Å². The van der Waals surface area contributed by atoms with Gasteiger partial charge in [-0.05, 0) is 55.8 Å². The fourth-order valence-corrected chi connectivity index (χ4v) is 4.81. The third-order valence-corrected chi connectivity index (χ3v) is 6.70. The highest BCUT2D eigenvalue weighted by Crippen LogP contribution is 2.40. The van der Waals surface area contributed by atoms with Crippen LogP contribution in [0.3, 0.4) is 0 Å². The van der Waals surface area contributed by atoms with Gasteiger partial charge in [-0.25, -0.2) is 9.79 Å². The molecular formula is C31H26N2O6S. The average Bonchev–Trinajstić information content (AvgIpc) is 3.27. The predicted octanol–water partition coefficient (Wildman–Crippen LogP) is 6.24. The molecule has 0 saturated carbocycles. The molecule has 0 aromatic heterocycles. The van der Waals surface area contributed by atoms with E-state index in [4.69, 9.17) is 14.2 Å². The summed E-state index contributed by atoms with van der Waals surface area (Å²) in [6, 6.07) is 23.0. The molecule has 1 aliphatic rings. The van der Waals surface area contributed by atoms with Crippen molar-refractivity contribution in [3.05, 3.63) is 111 Å². The Kier molecular flexibility index (Phi) is 9.39. The maximum atomic E-state index is 12.7. The van der Waals surface area contributed by atoms with Gasteiger partial charge in [0.15, 0.2) is 11.5 Å². The Hall–Kier alpha value is -4.81. The van der Waals surface area contributed by atoms with Gasteiger partial charge in [0.05, 0.1) is 29.8 Å². The minimum absolute atomic E-state index is 0.0530. The number of ether oxygens (including phenoxy) is 3. The Labute approximate surface area is 236 Å². The number of thioether (sulfide) groups is 1. The third kappa shape index (κ3) is 6.60. The molecule has 1 N–H and O–H groups in total. The topological polar surface area (TPSA) is 118 Å². The van der Waals surface area contributed by atoms with Crippen molar-refractivity contribution in [2.75, 3.05) is 13.2 Å². The van der Waals surface area contributed by atoms with Crippen LogP contribution in [0.5, 0.6) is 11.5 Å². The summed E-state index contributed by atoms with van der Waals surface area (Å²) >= 11 is 0.997. The van der Waals surface area contributed by atoms with Crippen LogP contribution in [0.1, 0.15) is 40.9 Å². The molecule has 3 aromatic rings. The van der Waals surface area contributed by atoms with Gasteiger partial charge in [-0.1, -0.05) is 54.2 Å². The molecule has 0 spiro atoms. The number of aliphatic imine (C=N–C) groups is 1. The van der Waals surface area contributed by atoms with Gasteiger partial charge in [-0.3, -0.25) is 4.79 Å². The van der Waals surface area contributed by atoms with E-state index in [9.17, 15) is 20.0 Å². The van der Waals surface area contributed by atoms with Gasteiger partial charge in [-0.2, -0.15) is 5.26 Å². The zero-order chi connectivity index (χ0) is 28.5. The van der Waals surface area contributed by atoms with Gasteiger partial charge in [-0.15, -0.1) is 0 Å². The number of amides is 1. The molecule has 0 radical (unpaired) electrons. The molecule has 0 atom stereocenters. The molecule has 1 amide bonds. The number of benzene rings is 3.